The van der Waals surface area contributed by atoms with E-state index in [2.05, 4.69) is 10.6 Å². The Hall–Kier alpha value is -4.58. The SMILES string of the molecule is CC(C)(C(=O)Nc1cccc(Oc2ccccc2)c1)c1ccc(OC(=O)Nc2ccccc2)cc1. The zero-order chi connectivity index (χ0) is 24.7. The number of rotatable bonds is 7. The maximum atomic E-state index is 13.1. The van der Waals surface area contributed by atoms with Crippen molar-refractivity contribution in [2.45, 2.75) is 19.3 Å². The monoisotopic (exact) mass is 466 g/mol. The number of ether oxygens (including phenoxy) is 2. The Morgan fingerprint density at radius 3 is 1.91 bits per heavy atom. The highest BCUT2D eigenvalue weighted by Crippen LogP contribution is 2.29. The molecule has 0 fully saturated rings. The average molecular weight is 467 g/mol. The first-order chi connectivity index (χ1) is 16.9. The summed E-state index contributed by atoms with van der Waals surface area (Å²) in [4.78, 5) is 25.2. The Kier molecular flexibility index (Phi) is 7.12. The van der Waals surface area contributed by atoms with E-state index in [4.69, 9.17) is 9.47 Å². The Morgan fingerprint density at radius 2 is 1.23 bits per heavy atom. The molecule has 35 heavy (non-hydrogen) atoms. The van der Waals surface area contributed by atoms with E-state index in [9.17, 15) is 9.59 Å². The minimum Gasteiger partial charge on any atom is -0.457 e. The van der Waals surface area contributed by atoms with Gasteiger partial charge in [0.1, 0.15) is 17.2 Å². The van der Waals surface area contributed by atoms with Crippen molar-refractivity contribution in [3.63, 3.8) is 0 Å². The molecule has 0 aliphatic heterocycles. The highest BCUT2D eigenvalue weighted by molar-refractivity contribution is 5.98. The third-order valence-corrected chi connectivity index (χ3v) is 5.45. The van der Waals surface area contributed by atoms with Crippen LogP contribution in [0.3, 0.4) is 0 Å². The number of carbonyl (C=O) groups excluding carboxylic acids is 2. The van der Waals surface area contributed by atoms with Crippen molar-refractivity contribution in [1.29, 1.82) is 0 Å². The summed E-state index contributed by atoms with van der Waals surface area (Å²) in [5.74, 6) is 1.55. The smallest absolute Gasteiger partial charge is 0.417 e. The van der Waals surface area contributed by atoms with Crippen LogP contribution in [0.5, 0.6) is 17.2 Å². The molecule has 0 spiro atoms. The van der Waals surface area contributed by atoms with Crippen LogP contribution in [0.25, 0.3) is 0 Å². The van der Waals surface area contributed by atoms with Crippen LogP contribution in [0.15, 0.2) is 109 Å². The summed E-state index contributed by atoms with van der Waals surface area (Å²) in [5.41, 5.74) is 1.22. The summed E-state index contributed by atoms with van der Waals surface area (Å²) in [6.07, 6.45) is -0.585. The molecule has 0 saturated heterocycles. The van der Waals surface area contributed by atoms with Crippen LogP contribution >= 0.6 is 0 Å². The van der Waals surface area contributed by atoms with Gasteiger partial charge in [0.2, 0.25) is 5.91 Å². The van der Waals surface area contributed by atoms with Crippen LogP contribution in [0.1, 0.15) is 19.4 Å². The topological polar surface area (TPSA) is 76.7 Å². The van der Waals surface area contributed by atoms with Gasteiger partial charge in [0.25, 0.3) is 0 Å². The summed E-state index contributed by atoms with van der Waals surface area (Å²) in [5, 5.41) is 5.63. The molecule has 176 valence electrons. The third-order valence-electron chi connectivity index (χ3n) is 5.45. The van der Waals surface area contributed by atoms with Gasteiger partial charge in [0, 0.05) is 17.4 Å². The summed E-state index contributed by atoms with van der Waals surface area (Å²) in [6, 6.07) is 32.7. The van der Waals surface area contributed by atoms with Crippen molar-refractivity contribution in [3.05, 3.63) is 115 Å². The van der Waals surface area contributed by atoms with E-state index >= 15 is 0 Å². The van der Waals surface area contributed by atoms with Gasteiger partial charge in [-0.15, -0.1) is 0 Å². The molecule has 4 rings (SSSR count). The molecule has 0 aliphatic carbocycles. The van der Waals surface area contributed by atoms with Crippen LogP contribution < -0.4 is 20.1 Å². The predicted molar refractivity (Wildman–Crippen MR) is 137 cm³/mol. The number of nitrogens with one attached hydrogen (secondary N) is 2. The number of carbonyl (C=O) groups is 2. The van der Waals surface area contributed by atoms with Gasteiger partial charge in [-0.3, -0.25) is 10.1 Å². The van der Waals surface area contributed by atoms with E-state index in [0.717, 1.165) is 11.3 Å². The van der Waals surface area contributed by atoms with Gasteiger partial charge >= 0.3 is 6.09 Å². The van der Waals surface area contributed by atoms with Crippen molar-refractivity contribution < 1.29 is 19.1 Å². The van der Waals surface area contributed by atoms with E-state index < -0.39 is 11.5 Å². The Balaban J connectivity index is 1.38. The molecule has 0 radical (unpaired) electrons. The maximum Gasteiger partial charge on any atom is 0.417 e. The predicted octanol–water partition coefficient (Wildman–Crippen LogP) is 7.01. The molecule has 2 N–H and O–H groups in total. The van der Waals surface area contributed by atoms with E-state index in [1.54, 1.807) is 42.5 Å². The Bertz CT molecular complexity index is 1290. The first kappa shape index (κ1) is 23.6. The molecule has 0 aromatic heterocycles. The molecule has 0 saturated carbocycles. The largest absolute Gasteiger partial charge is 0.457 e. The highest BCUT2D eigenvalue weighted by atomic mass is 16.6. The zero-order valence-corrected chi connectivity index (χ0v) is 19.5. The van der Waals surface area contributed by atoms with E-state index in [-0.39, 0.29) is 5.91 Å². The van der Waals surface area contributed by atoms with Gasteiger partial charge in [0.05, 0.1) is 5.41 Å². The van der Waals surface area contributed by atoms with Crippen molar-refractivity contribution in [2.24, 2.45) is 0 Å². The fourth-order valence-electron chi connectivity index (χ4n) is 3.39. The standard InChI is InChI=1S/C29H26N2O4/c1-29(2,21-16-18-25(19-17-21)35-28(33)31-22-10-5-3-6-11-22)27(32)30-23-12-9-15-26(20-23)34-24-13-7-4-8-14-24/h3-20H,1-2H3,(H,30,32)(H,31,33). The number of amides is 2. The van der Waals surface area contributed by atoms with Gasteiger partial charge in [-0.1, -0.05) is 54.6 Å². The van der Waals surface area contributed by atoms with Gasteiger partial charge in [0.15, 0.2) is 0 Å². The second-order valence-corrected chi connectivity index (χ2v) is 8.43. The minimum absolute atomic E-state index is 0.176. The number of para-hydroxylation sites is 2. The molecule has 0 heterocycles. The fraction of sp³-hybridized carbons (Fsp3) is 0.103. The Labute approximate surface area is 204 Å². The first-order valence-corrected chi connectivity index (χ1v) is 11.2. The zero-order valence-electron chi connectivity index (χ0n) is 19.5. The van der Waals surface area contributed by atoms with E-state index in [1.165, 1.54) is 0 Å². The van der Waals surface area contributed by atoms with Crippen molar-refractivity contribution in [2.75, 3.05) is 10.6 Å². The molecule has 0 aliphatic rings. The lowest BCUT2D eigenvalue weighted by Gasteiger charge is -2.24. The number of benzene rings is 4. The maximum absolute atomic E-state index is 13.1. The summed E-state index contributed by atoms with van der Waals surface area (Å²) < 4.78 is 11.2. The summed E-state index contributed by atoms with van der Waals surface area (Å²) in [6.45, 7) is 3.68. The average Bonchev–Trinajstić information content (AvgIpc) is 2.86. The normalized spacial score (nSPS) is 10.8. The van der Waals surface area contributed by atoms with Gasteiger partial charge < -0.3 is 14.8 Å². The summed E-state index contributed by atoms with van der Waals surface area (Å²) >= 11 is 0. The number of hydrogen-bond donors (Lipinski definition) is 2. The van der Waals surface area contributed by atoms with E-state index in [1.807, 2.05) is 80.6 Å². The van der Waals surface area contributed by atoms with Crippen molar-refractivity contribution in [1.82, 2.24) is 0 Å². The van der Waals surface area contributed by atoms with Gasteiger partial charge in [-0.05, 0) is 67.9 Å². The second kappa shape index (κ2) is 10.6. The molecule has 4 aromatic rings. The molecule has 0 bridgehead atoms. The molecule has 6 heteroatoms. The van der Waals surface area contributed by atoms with Gasteiger partial charge in [-0.2, -0.15) is 0 Å². The number of hydrogen-bond acceptors (Lipinski definition) is 4. The van der Waals surface area contributed by atoms with Crippen molar-refractivity contribution in [3.8, 4) is 17.2 Å². The van der Waals surface area contributed by atoms with E-state index in [0.29, 0.717) is 22.9 Å². The lowest BCUT2D eigenvalue weighted by Crippen LogP contribution is -2.34. The fourth-order valence-corrected chi connectivity index (χ4v) is 3.39. The molecular formula is C29H26N2O4. The second-order valence-electron chi connectivity index (χ2n) is 8.43. The minimum atomic E-state index is -0.832. The highest BCUT2D eigenvalue weighted by Gasteiger charge is 2.30. The van der Waals surface area contributed by atoms with Crippen molar-refractivity contribution >= 4 is 23.4 Å². The third kappa shape index (κ3) is 6.26. The molecule has 4 aromatic carbocycles. The van der Waals surface area contributed by atoms with Crippen LogP contribution in [0.2, 0.25) is 0 Å². The van der Waals surface area contributed by atoms with Crippen LogP contribution in [0.4, 0.5) is 16.2 Å². The van der Waals surface area contributed by atoms with Crippen LogP contribution in [-0.4, -0.2) is 12.0 Å². The van der Waals surface area contributed by atoms with Crippen LogP contribution in [0, 0.1) is 0 Å². The molecular weight excluding hydrogens is 440 g/mol. The quantitative estimate of drug-likeness (QED) is 0.307. The molecule has 0 atom stereocenters. The number of anilines is 2. The Morgan fingerprint density at radius 1 is 0.629 bits per heavy atom. The first-order valence-electron chi connectivity index (χ1n) is 11.2. The molecule has 6 nitrogen and oxygen atoms in total. The molecule has 0 unspecified atom stereocenters. The lowest BCUT2D eigenvalue weighted by atomic mass is 9.83. The summed E-state index contributed by atoms with van der Waals surface area (Å²) in [7, 11) is 0. The lowest BCUT2D eigenvalue weighted by molar-refractivity contribution is -0.120. The van der Waals surface area contributed by atoms with Crippen LogP contribution in [-0.2, 0) is 10.2 Å². The van der Waals surface area contributed by atoms with Gasteiger partial charge in [-0.25, -0.2) is 4.79 Å². The molecule has 2 amide bonds.